The predicted octanol–water partition coefficient (Wildman–Crippen LogP) is 2.25. The van der Waals surface area contributed by atoms with Gasteiger partial charge in [0, 0.05) is 55.6 Å². The molecular weight excluding hydrogens is 484 g/mol. The number of hydrogen-bond acceptors (Lipinski definition) is 12. The third-order valence-corrected chi connectivity index (χ3v) is 7.05. The van der Waals surface area contributed by atoms with Crippen LogP contribution in [0.4, 0.5) is 11.8 Å². The standard InChI is InChI=1S/C23H26N8O4S/c1-30(23-25-11-15(12-26-23)22(32)29-33)13-16-9-17-19(36-16)21(31-5-7-35-8-6-31)28-20(27-17)14-3-4-18(34-2)24-10-14/h9-12,33H,3-8,13H2,1-2H3,(H,29,32). The van der Waals surface area contributed by atoms with Crippen molar-refractivity contribution in [2.24, 2.45) is 4.99 Å². The summed E-state index contributed by atoms with van der Waals surface area (Å²) in [4.78, 5) is 39.5. The summed E-state index contributed by atoms with van der Waals surface area (Å²) >= 11 is 1.64. The number of carbonyl (C=O) groups is 1. The third-order valence-electron chi connectivity index (χ3n) is 5.95. The molecule has 0 saturated carbocycles. The zero-order chi connectivity index (χ0) is 25.1. The number of fused-ring (bicyclic) bond motifs is 1. The van der Waals surface area contributed by atoms with Crippen molar-refractivity contribution in [3.8, 4) is 0 Å². The van der Waals surface area contributed by atoms with Gasteiger partial charge in [-0.2, -0.15) is 0 Å². The van der Waals surface area contributed by atoms with Gasteiger partial charge in [-0.25, -0.2) is 30.4 Å². The van der Waals surface area contributed by atoms with E-state index >= 15 is 0 Å². The number of nitrogens with zero attached hydrogens (tertiary/aromatic N) is 7. The molecule has 5 heterocycles. The van der Waals surface area contributed by atoms with Crippen LogP contribution in [-0.2, 0) is 16.0 Å². The van der Waals surface area contributed by atoms with Crippen LogP contribution in [0.1, 0.15) is 33.9 Å². The van der Waals surface area contributed by atoms with Gasteiger partial charge in [-0.15, -0.1) is 11.3 Å². The van der Waals surface area contributed by atoms with E-state index in [1.807, 2.05) is 11.9 Å². The number of anilines is 2. The summed E-state index contributed by atoms with van der Waals surface area (Å²) in [5, 5.41) is 8.77. The van der Waals surface area contributed by atoms with Crippen LogP contribution in [0.3, 0.4) is 0 Å². The van der Waals surface area contributed by atoms with E-state index in [4.69, 9.17) is 24.6 Å². The number of methoxy groups -OCH3 is 1. The van der Waals surface area contributed by atoms with Crippen molar-refractivity contribution in [1.82, 2.24) is 25.4 Å². The van der Waals surface area contributed by atoms with Crippen LogP contribution in [0, 0.1) is 0 Å². The number of amides is 1. The van der Waals surface area contributed by atoms with Gasteiger partial charge < -0.3 is 19.3 Å². The second-order valence-electron chi connectivity index (χ2n) is 8.35. The smallest absolute Gasteiger partial charge is 0.277 e. The van der Waals surface area contributed by atoms with Gasteiger partial charge in [0.05, 0.1) is 42.6 Å². The Balaban J connectivity index is 1.46. The fourth-order valence-electron chi connectivity index (χ4n) is 4.02. The molecule has 5 rings (SSSR count). The minimum absolute atomic E-state index is 0.174. The molecule has 0 spiro atoms. The van der Waals surface area contributed by atoms with Gasteiger partial charge in [0.1, 0.15) is 0 Å². The van der Waals surface area contributed by atoms with Crippen molar-refractivity contribution >= 4 is 50.7 Å². The fourth-order valence-corrected chi connectivity index (χ4v) is 5.19. The molecule has 0 unspecified atom stereocenters. The van der Waals surface area contributed by atoms with E-state index < -0.39 is 5.91 Å². The number of morpholine rings is 1. The molecule has 0 aliphatic carbocycles. The Bertz CT molecular complexity index is 1320. The first kappa shape index (κ1) is 24.0. The Morgan fingerprint density at radius 2 is 2.03 bits per heavy atom. The maximum Gasteiger partial charge on any atom is 0.277 e. The Hall–Kier alpha value is -3.68. The van der Waals surface area contributed by atoms with Crippen molar-refractivity contribution in [3.63, 3.8) is 0 Å². The minimum atomic E-state index is -0.657. The number of ether oxygens (including phenoxy) is 2. The summed E-state index contributed by atoms with van der Waals surface area (Å²) in [5.74, 6) is 2.11. The monoisotopic (exact) mass is 510 g/mol. The van der Waals surface area contributed by atoms with Crippen LogP contribution < -0.4 is 15.3 Å². The van der Waals surface area contributed by atoms with Crippen molar-refractivity contribution < 1.29 is 19.5 Å². The zero-order valence-electron chi connectivity index (χ0n) is 20.0. The Morgan fingerprint density at radius 1 is 1.25 bits per heavy atom. The van der Waals surface area contributed by atoms with E-state index in [1.54, 1.807) is 30.1 Å². The lowest BCUT2D eigenvalue weighted by Crippen LogP contribution is -2.37. The van der Waals surface area contributed by atoms with Crippen LogP contribution >= 0.6 is 11.3 Å². The maximum atomic E-state index is 11.5. The first-order chi connectivity index (χ1) is 17.6. The van der Waals surface area contributed by atoms with E-state index in [1.165, 1.54) is 12.4 Å². The lowest BCUT2D eigenvalue weighted by atomic mass is 10.1. The summed E-state index contributed by atoms with van der Waals surface area (Å²) in [6.07, 6.45) is 6.03. The molecule has 2 N–H and O–H groups in total. The third kappa shape index (κ3) is 4.98. The quantitative estimate of drug-likeness (QED) is 0.375. The molecule has 3 aromatic rings. The van der Waals surface area contributed by atoms with Crippen LogP contribution in [0.2, 0.25) is 0 Å². The highest BCUT2D eigenvalue weighted by molar-refractivity contribution is 7.19. The second kappa shape index (κ2) is 10.5. The minimum Gasteiger partial charge on any atom is -0.484 e. The lowest BCUT2D eigenvalue weighted by molar-refractivity contribution is 0.0705. The van der Waals surface area contributed by atoms with Gasteiger partial charge in [0.15, 0.2) is 17.5 Å². The molecule has 2 aliphatic rings. The molecule has 1 fully saturated rings. The van der Waals surface area contributed by atoms with Gasteiger partial charge in [-0.3, -0.25) is 10.0 Å². The van der Waals surface area contributed by atoms with Crippen molar-refractivity contribution in [3.05, 3.63) is 40.9 Å². The number of carbonyl (C=O) groups excluding carboxylic acids is 1. The lowest BCUT2D eigenvalue weighted by Gasteiger charge is -2.28. The van der Waals surface area contributed by atoms with Crippen molar-refractivity contribution in [2.45, 2.75) is 19.4 Å². The first-order valence-corrected chi connectivity index (χ1v) is 12.3. The number of aliphatic imine (C=N–C) groups is 1. The van der Waals surface area contributed by atoms with E-state index in [0.29, 0.717) is 37.4 Å². The number of rotatable bonds is 6. The van der Waals surface area contributed by atoms with Gasteiger partial charge in [0.25, 0.3) is 5.91 Å². The Morgan fingerprint density at radius 3 is 2.69 bits per heavy atom. The number of allylic oxidation sites excluding steroid dienone is 1. The topological polar surface area (TPSA) is 138 Å². The summed E-state index contributed by atoms with van der Waals surface area (Å²) < 4.78 is 11.8. The first-order valence-electron chi connectivity index (χ1n) is 11.5. The van der Waals surface area contributed by atoms with Crippen molar-refractivity contribution in [2.75, 3.05) is 50.3 Å². The van der Waals surface area contributed by atoms with E-state index in [2.05, 4.69) is 25.9 Å². The SMILES string of the molecule is COC1=NC=C(c2nc(N3CCOCC3)c3sc(CN(C)c4ncc(C(=O)NO)cn4)cc3n2)CC1. The maximum absolute atomic E-state index is 11.5. The molecule has 3 aromatic heterocycles. The molecule has 13 heteroatoms. The highest BCUT2D eigenvalue weighted by Gasteiger charge is 2.22. The molecule has 36 heavy (non-hydrogen) atoms. The van der Waals surface area contributed by atoms with E-state index in [9.17, 15) is 4.79 Å². The number of hydrogen-bond donors (Lipinski definition) is 2. The molecule has 188 valence electrons. The van der Waals surface area contributed by atoms with E-state index in [0.717, 1.165) is 52.4 Å². The van der Waals surface area contributed by atoms with Gasteiger partial charge in [0.2, 0.25) is 5.95 Å². The Kier molecular flexibility index (Phi) is 7.02. The second-order valence-corrected chi connectivity index (χ2v) is 9.48. The van der Waals surface area contributed by atoms with Crippen LogP contribution in [0.25, 0.3) is 15.8 Å². The molecule has 0 bridgehead atoms. The van der Waals surface area contributed by atoms with E-state index in [-0.39, 0.29) is 5.56 Å². The normalized spacial score (nSPS) is 15.9. The predicted molar refractivity (Wildman–Crippen MR) is 135 cm³/mol. The van der Waals surface area contributed by atoms with Crippen LogP contribution in [0.5, 0.6) is 0 Å². The molecule has 0 radical (unpaired) electrons. The number of nitrogens with one attached hydrogen (secondary N) is 1. The highest BCUT2D eigenvalue weighted by atomic mass is 32.1. The van der Waals surface area contributed by atoms with Crippen molar-refractivity contribution in [1.29, 1.82) is 0 Å². The molecule has 0 aromatic carbocycles. The largest absolute Gasteiger partial charge is 0.484 e. The number of hydroxylamine groups is 1. The summed E-state index contributed by atoms with van der Waals surface area (Å²) in [6.45, 7) is 3.41. The fraction of sp³-hybridized carbons (Fsp3) is 0.391. The summed E-state index contributed by atoms with van der Waals surface area (Å²) in [7, 11) is 3.51. The number of thiophene rings is 1. The Labute approximate surface area is 211 Å². The zero-order valence-corrected chi connectivity index (χ0v) is 20.8. The molecular formula is C23H26N8O4S. The van der Waals surface area contributed by atoms with Gasteiger partial charge in [-0.1, -0.05) is 0 Å². The van der Waals surface area contributed by atoms with Gasteiger partial charge >= 0.3 is 0 Å². The van der Waals surface area contributed by atoms with Crippen LogP contribution in [0.15, 0.2) is 29.7 Å². The average Bonchev–Trinajstić information content (AvgIpc) is 3.35. The molecule has 2 aliphatic heterocycles. The average molecular weight is 511 g/mol. The molecule has 0 atom stereocenters. The summed E-state index contributed by atoms with van der Waals surface area (Å²) in [5.41, 5.74) is 3.62. The molecule has 1 amide bonds. The summed E-state index contributed by atoms with van der Waals surface area (Å²) in [6, 6.07) is 2.08. The van der Waals surface area contributed by atoms with Crippen LogP contribution in [-0.4, -0.2) is 77.4 Å². The molecule has 12 nitrogen and oxygen atoms in total. The molecule has 1 saturated heterocycles. The number of aromatic nitrogens is 4. The highest BCUT2D eigenvalue weighted by Crippen LogP contribution is 2.35. The van der Waals surface area contributed by atoms with Gasteiger partial charge in [-0.05, 0) is 12.5 Å².